The fraction of sp³-hybridized carbons (Fsp3) is 0.286. The topological polar surface area (TPSA) is 44.1 Å². The Hall–Kier alpha value is -1.62. The number of carbonyl (C=O) groups is 1. The number of hydrogen-bond acceptors (Lipinski definition) is 3. The molecule has 0 aliphatic carbocycles. The van der Waals surface area contributed by atoms with E-state index in [2.05, 4.69) is 20.9 Å². The largest absolute Gasteiger partial charge is 0.496 e. The minimum atomic E-state index is 0.0624. The predicted octanol–water partition coefficient (Wildman–Crippen LogP) is 3.01. The van der Waals surface area contributed by atoms with Gasteiger partial charge in [-0.2, -0.15) is 0 Å². The van der Waals surface area contributed by atoms with Gasteiger partial charge in [0.05, 0.1) is 12.7 Å². The summed E-state index contributed by atoms with van der Waals surface area (Å²) in [6.07, 6.45) is 4.66. The van der Waals surface area contributed by atoms with Crippen molar-refractivity contribution in [2.24, 2.45) is 7.05 Å². The molecule has 0 unspecified atom stereocenters. The summed E-state index contributed by atoms with van der Waals surface area (Å²) >= 11 is 3.36. The second-order valence-electron chi connectivity index (χ2n) is 4.22. The van der Waals surface area contributed by atoms with Crippen LogP contribution >= 0.6 is 15.9 Å². The highest BCUT2D eigenvalue weighted by Gasteiger charge is 2.13. The Bertz CT molecular complexity index is 593. The van der Waals surface area contributed by atoms with E-state index in [-0.39, 0.29) is 5.78 Å². The van der Waals surface area contributed by atoms with Crippen LogP contribution in [-0.4, -0.2) is 22.4 Å². The number of hydrogen-bond donors (Lipinski definition) is 0. The lowest BCUT2D eigenvalue weighted by Crippen LogP contribution is -2.06. The zero-order valence-electron chi connectivity index (χ0n) is 10.9. The molecule has 0 aliphatic rings. The van der Waals surface area contributed by atoms with Crippen LogP contribution in [0.5, 0.6) is 5.75 Å². The van der Waals surface area contributed by atoms with E-state index >= 15 is 0 Å². The monoisotopic (exact) mass is 322 g/mol. The Morgan fingerprint density at radius 1 is 1.47 bits per heavy atom. The van der Waals surface area contributed by atoms with Gasteiger partial charge < -0.3 is 9.30 Å². The summed E-state index contributed by atoms with van der Waals surface area (Å²) in [4.78, 5) is 16.4. The van der Waals surface area contributed by atoms with Crippen molar-refractivity contribution in [1.82, 2.24) is 9.55 Å². The van der Waals surface area contributed by atoms with Crippen LogP contribution in [0.3, 0.4) is 0 Å². The van der Waals surface area contributed by atoms with Crippen LogP contribution in [0, 0.1) is 0 Å². The maximum Gasteiger partial charge on any atom is 0.167 e. The first-order chi connectivity index (χ1) is 9.11. The van der Waals surface area contributed by atoms with Gasteiger partial charge in [-0.3, -0.25) is 4.79 Å². The molecule has 0 spiro atoms. The molecular formula is C14H15BrN2O2. The number of ether oxygens (including phenoxy) is 1. The van der Waals surface area contributed by atoms with E-state index in [0.29, 0.717) is 24.2 Å². The minimum Gasteiger partial charge on any atom is -0.496 e. The van der Waals surface area contributed by atoms with Crippen LogP contribution in [0.2, 0.25) is 0 Å². The summed E-state index contributed by atoms with van der Waals surface area (Å²) in [5.74, 6) is 1.57. The molecule has 0 atom stereocenters. The summed E-state index contributed by atoms with van der Waals surface area (Å²) in [6, 6.07) is 5.42. The van der Waals surface area contributed by atoms with Gasteiger partial charge in [0.2, 0.25) is 0 Å². The number of aromatic nitrogens is 2. The van der Waals surface area contributed by atoms with E-state index < -0.39 is 0 Å². The lowest BCUT2D eigenvalue weighted by Gasteiger charge is -2.08. The molecule has 0 saturated heterocycles. The van der Waals surface area contributed by atoms with Crippen molar-refractivity contribution in [1.29, 1.82) is 0 Å². The highest BCUT2D eigenvalue weighted by molar-refractivity contribution is 9.10. The van der Waals surface area contributed by atoms with Gasteiger partial charge in [0, 0.05) is 36.8 Å². The second-order valence-corrected chi connectivity index (χ2v) is 5.14. The van der Waals surface area contributed by atoms with Crippen LogP contribution < -0.4 is 4.74 Å². The van der Waals surface area contributed by atoms with E-state index in [4.69, 9.17) is 4.74 Å². The number of aryl methyl sites for hydroxylation is 2. The van der Waals surface area contributed by atoms with Crippen LogP contribution in [0.1, 0.15) is 22.6 Å². The molecule has 0 saturated carbocycles. The molecule has 0 fully saturated rings. The number of ketones is 1. The van der Waals surface area contributed by atoms with E-state index in [1.165, 1.54) is 0 Å². The third-order valence-electron chi connectivity index (χ3n) is 2.96. The van der Waals surface area contributed by atoms with Crippen molar-refractivity contribution < 1.29 is 9.53 Å². The summed E-state index contributed by atoms with van der Waals surface area (Å²) in [7, 11) is 3.49. The Morgan fingerprint density at radius 2 is 2.26 bits per heavy atom. The summed E-state index contributed by atoms with van der Waals surface area (Å²) in [5.41, 5.74) is 0.611. The molecule has 2 aromatic rings. The van der Waals surface area contributed by atoms with Gasteiger partial charge in [-0.25, -0.2) is 4.98 Å². The highest BCUT2D eigenvalue weighted by atomic mass is 79.9. The van der Waals surface area contributed by atoms with Crippen molar-refractivity contribution in [2.75, 3.05) is 7.11 Å². The average Bonchev–Trinajstić information content (AvgIpc) is 2.81. The fourth-order valence-corrected chi connectivity index (χ4v) is 2.23. The normalized spacial score (nSPS) is 10.5. The summed E-state index contributed by atoms with van der Waals surface area (Å²) in [6.45, 7) is 0. The molecular weight excluding hydrogens is 308 g/mol. The smallest absolute Gasteiger partial charge is 0.167 e. The molecule has 0 amide bonds. The van der Waals surface area contributed by atoms with Crippen molar-refractivity contribution in [3.8, 4) is 5.75 Å². The van der Waals surface area contributed by atoms with Gasteiger partial charge in [-0.15, -0.1) is 0 Å². The lowest BCUT2D eigenvalue weighted by atomic mass is 10.1. The number of Topliss-reactive ketones (excluding diaryl/α,β-unsaturated/α-hetero) is 1. The number of imidazole rings is 1. The molecule has 19 heavy (non-hydrogen) atoms. The van der Waals surface area contributed by atoms with Gasteiger partial charge in [0.1, 0.15) is 11.6 Å². The molecule has 1 aromatic heterocycles. The third-order valence-corrected chi connectivity index (χ3v) is 3.45. The van der Waals surface area contributed by atoms with E-state index in [0.717, 1.165) is 10.3 Å². The number of rotatable bonds is 5. The van der Waals surface area contributed by atoms with Gasteiger partial charge in [-0.05, 0) is 18.2 Å². The molecule has 2 rings (SSSR count). The standard InChI is InChI=1S/C14H15BrN2O2/c1-17-8-7-16-14(17)6-5-12(18)11-4-3-10(15)9-13(11)19-2/h3-4,7-9H,5-6H2,1-2H3. The molecule has 0 bridgehead atoms. The van der Waals surface area contributed by atoms with E-state index in [9.17, 15) is 4.79 Å². The van der Waals surface area contributed by atoms with Crippen LogP contribution in [-0.2, 0) is 13.5 Å². The molecule has 100 valence electrons. The molecule has 1 aromatic carbocycles. The molecule has 0 radical (unpaired) electrons. The number of methoxy groups -OCH3 is 1. The maximum atomic E-state index is 12.2. The van der Waals surface area contributed by atoms with Crippen molar-refractivity contribution in [2.45, 2.75) is 12.8 Å². The number of halogens is 1. The number of benzene rings is 1. The van der Waals surface area contributed by atoms with Crippen LogP contribution in [0.25, 0.3) is 0 Å². The van der Waals surface area contributed by atoms with Crippen LogP contribution in [0.4, 0.5) is 0 Å². The van der Waals surface area contributed by atoms with Crippen molar-refractivity contribution in [3.05, 3.63) is 46.5 Å². The first-order valence-corrected chi connectivity index (χ1v) is 6.74. The quantitative estimate of drug-likeness (QED) is 0.795. The number of carbonyl (C=O) groups excluding carboxylic acids is 1. The highest BCUT2D eigenvalue weighted by Crippen LogP contribution is 2.24. The summed E-state index contributed by atoms with van der Waals surface area (Å²) < 4.78 is 8.05. The number of nitrogens with zero attached hydrogens (tertiary/aromatic N) is 2. The SMILES string of the molecule is COc1cc(Br)ccc1C(=O)CCc1nccn1C. The van der Waals surface area contributed by atoms with Gasteiger partial charge in [-0.1, -0.05) is 15.9 Å². The maximum absolute atomic E-state index is 12.2. The molecule has 0 aliphatic heterocycles. The van der Waals surface area contributed by atoms with Crippen LogP contribution in [0.15, 0.2) is 35.1 Å². The summed E-state index contributed by atoms with van der Waals surface area (Å²) in [5, 5.41) is 0. The Labute approximate surface area is 120 Å². The Balaban J connectivity index is 2.10. The third kappa shape index (κ3) is 3.23. The zero-order chi connectivity index (χ0) is 13.8. The van der Waals surface area contributed by atoms with Gasteiger partial charge >= 0.3 is 0 Å². The molecule has 5 heteroatoms. The lowest BCUT2D eigenvalue weighted by molar-refractivity contribution is 0.0979. The first-order valence-electron chi connectivity index (χ1n) is 5.94. The van der Waals surface area contributed by atoms with E-state index in [1.807, 2.05) is 23.9 Å². The van der Waals surface area contributed by atoms with Gasteiger partial charge in [0.25, 0.3) is 0 Å². The second kappa shape index (κ2) is 6.02. The first kappa shape index (κ1) is 13.8. The minimum absolute atomic E-state index is 0.0624. The average molecular weight is 323 g/mol. The fourth-order valence-electron chi connectivity index (χ4n) is 1.89. The predicted molar refractivity (Wildman–Crippen MR) is 76.6 cm³/mol. The van der Waals surface area contributed by atoms with Gasteiger partial charge in [0.15, 0.2) is 5.78 Å². The molecule has 4 nitrogen and oxygen atoms in total. The Morgan fingerprint density at radius 3 is 2.89 bits per heavy atom. The van der Waals surface area contributed by atoms with Crippen molar-refractivity contribution >= 4 is 21.7 Å². The molecule has 1 heterocycles. The molecule has 0 N–H and O–H groups in total. The van der Waals surface area contributed by atoms with E-state index in [1.54, 1.807) is 25.4 Å². The Kier molecular flexibility index (Phi) is 4.37. The van der Waals surface area contributed by atoms with Crippen molar-refractivity contribution in [3.63, 3.8) is 0 Å². The zero-order valence-corrected chi connectivity index (χ0v) is 12.5.